The fraction of sp³-hybridized carbons (Fsp3) is 0.222. The molecule has 0 saturated heterocycles. The summed E-state index contributed by atoms with van der Waals surface area (Å²) in [5.74, 6) is 1.20. The monoisotopic (exact) mass is 392 g/mol. The van der Waals surface area contributed by atoms with Crippen molar-refractivity contribution in [2.24, 2.45) is 0 Å². The fourth-order valence-corrected chi connectivity index (χ4v) is 2.84. The maximum absolute atomic E-state index is 13.1. The van der Waals surface area contributed by atoms with Crippen molar-refractivity contribution in [3.8, 4) is 5.75 Å². The first kappa shape index (κ1) is 18.4. The summed E-state index contributed by atoms with van der Waals surface area (Å²) in [7, 11) is 0. The lowest BCUT2D eigenvalue weighted by atomic mass is 10.2. The van der Waals surface area contributed by atoms with Crippen molar-refractivity contribution < 1.29 is 9.13 Å². The van der Waals surface area contributed by atoms with Crippen LogP contribution in [0.4, 0.5) is 4.39 Å². The first-order valence-corrected chi connectivity index (χ1v) is 8.91. The van der Waals surface area contributed by atoms with Crippen LogP contribution in [0.1, 0.15) is 23.9 Å². The number of ether oxygens (including phenoxy) is 1. The van der Waals surface area contributed by atoms with Gasteiger partial charge in [-0.25, -0.2) is 9.07 Å². The SMILES string of the molecule is CCc1n[nH]c(=S)n1NCc1ccc(OCc2ccc(F)cc2Cl)cc1. The van der Waals surface area contributed by atoms with Crippen LogP contribution in [0.5, 0.6) is 5.75 Å². The molecule has 26 heavy (non-hydrogen) atoms. The zero-order valence-corrected chi connectivity index (χ0v) is 15.7. The molecule has 3 aromatic rings. The van der Waals surface area contributed by atoms with E-state index in [-0.39, 0.29) is 12.4 Å². The third-order valence-corrected chi connectivity index (χ3v) is 4.46. The van der Waals surface area contributed by atoms with Crippen LogP contribution in [0.2, 0.25) is 5.02 Å². The highest BCUT2D eigenvalue weighted by molar-refractivity contribution is 7.71. The number of nitrogens with zero attached hydrogens (tertiary/aromatic N) is 2. The van der Waals surface area contributed by atoms with Crippen molar-refractivity contribution >= 4 is 23.8 Å². The van der Waals surface area contributed by atoms with Crippen molar-refractivity contribution in [3.05, 3.63) is 75.0 Å². The van der Waals surface area contributed by atoms with Gasteiger partial charge < -0.3 is 10.2 Å². The van der Waals surface area contributed by atoms with Gasteiger partial charge in [0.2, 0.25) is 4.77 Å². The van der Waals surface area contributed by atoms with Gasteiger partial charge in [-0.15, -0.1) is 0 Å². The van der Waals surface area contributed by atoms with E-state index in [4.69, 9.17) is 28.6 Å². The molecule has 2 aromatic carbocycles. The van der Waals surface area contributed by atoms with E-state index >= 15 is 0 Å². The summed E-state index contributed by atoms with van der Waals surface area (Å²) in [6, 6.07) is 11.9. The van der Waals surface area contributed by atoms with Crippen LogP contribution in [0.3, 0.4) is 0 Å². The number of H-pyrrole nitrogens is 1. The molecule has 5 nitrogen and oxygen atoms in total. The largest absolute Gasteiger partial charge is 0.489 e. The Morgan fingerprint density at radius 1 is 1.27 bits per heavy atom. The zero-order chi connectivity index (χ0) is 18.5. The lowest BCUT2D eigenvalue weighted by Gasteiger charge is -2.11. The minimum atomic E-state index is -0.362. The molecule has 0 radical (unpaired) electrons. The summed E-state index contributed by atoms with van der Waals surface area (Å²) in [5, 5.41) is 7.28. The second-order valence-corrected chi connectivity index (χ2v) is 6.43. The van der Waals surface area contributed by atoms with Gasteiger partial charge in [-0.05, 0) is 42.0 Å². The minimum absolute atomic E-state index is 0.279. The zero-order valence-electron chi connectivity index (χ0n) is 14.1. The number of nitrogens with one attached hydrogen (secondary N) is 2. The van der Waals surface area contributed by atoms with E-state index in [1.54, 1.807) is 10.7 Å². The lowest BCUT2D eigenvalue weighted by Crippen LogP contribution is -2.17. The van der Waals surface area contributed by atoms with Crippen LogP contribution in [0.25, 0.3) is 0 Å². The van der Waals surface area contributed by atoms with Crippen LogP contribution < -0.4 is 10.2 Å². The van der Waals surface area contributed by atoms with Gasteiger partial charge in [-0.1, -0.05) is 36.7 Å². The number of hydrogen-bond donors (Lipinski definition) is 2. The van der Waals surface area contributed by atoms with Crippen molar-refractivity contribution in [2.45, 2.75) is 26.5 Å². The van der Waals surface area contributed by atoms with Gasteiger partial charge in [-0.3, -0.25) is 5.10 Å². The van der Waals surface area contributed by atoms with Crippen molar-refractivity contribution in [1.82, 2.24) is 14.9 Å². The Morgan fingerprint density at radius 3 is 2.73 bits per heavy atom. The van der Waals surface area contributed by atoms with E-state index < -0.39 is 0 Å². The number of aromatic nitrogens is 3. The molecule has 0 saturated carbocycles. The Labute approximate surface area is 160 Å². The van der Waals surface area contributed by atoms with Crippen molar-refractivity contribution in [1.29, 1.82) is 0 Å². The summed E-state index contributed by atoms with van der Waals surface area (Å²) < 4.78 is 21.1. The molecular weight excluding hydrogens is 375 g/mol. The van der Waals surface area contributed by atoms with Gasteiger partial charge in [0.15, 0.2) is 5.82 Å². The smallest absolute Gasteiger partial charge is 0.214 e. The van der Waals surface area contributed by atoms with Crippen LogP contribution in [-0.4, -0.2) is 14.9 Å². The Balaban J connectivity index is 1.58. The number of hydrogen-bond acceptors (Lipinski definition) is 4. The second-order valence-electron chi connectivity index (χ2n) is 5.64. The molecule has 2 N–H and O–H groups in total. The molecule has 0 fully saturated rings. The maximum Gasteiger partial charge on any atom is 0.214 e. The topological polar surface area (TPSA) is 54.9 Å². The first-order chi connectivity index (χ1) is 12.6. The molecule has 0 unspecified atom stereocenters. The Kier molecular flexibility index (Phi) is 5.90. The molecule has 1 aromatic heterocycles. The van der Waals surface area contributed by atoms with Gasteiger partial charge in [0, 0.05) is 12.0 Å². The van der Waals surface area contributed by atoms with Crippen LogP contribution in [0.15, 0.2) is 42.5 Å². The molecular formula is C18H18ClFN4OS. The van der Waals surface area contributed by atoms with E-state index in [1.165, 1.54) is 12.1 Å². The number of aryl methyl sites for hydroxylation is 1. The molecule has 8 heteroatoms. The summed E-state index contributed by atoms with van der Waals surface area (Å²) in [6.45, 7) is 2.90. The average Bonchev–Trinajstić information content (AvgIpc) is 3.00. The number of benzene rings is 2. The minimum Gasteiger partial charge on any atom is -0.489 e. The highest BCUT2D eigenvalue weighted by Crippen LogP contribution is 2.20. The molecule has 0 atom stereocenters. The van der Waals surface area contributed by atoms with E-state index in [2.05, 4.69) is 15.6 Å². The molecule has 136 valence electrons. The van der Waals surface area contributed by atoms with Crippen molar-refractivity contribution in [2.75, 3.05) is 5.43 Å². The van der Waals surface area contributed by atoms with Gasteiger partial charge >= 0.3 is 0 Å². The number of aromatic amines is 1. The predicted octanol–water partition coefficient (Wildman–Crippen LogP) is 4.62. The molecule has 1 heterocycles. The van der Waals surface area contributed by atoms with Gasteiger partial charge in [-0.2, -0.15) is 5.10 Å². The molecule has 0 bridgehead atoms. The predicted molar refractivity (Wildman–Crippen MR) is 102 cm³/mol. The standard InChI is InChI=1S/C18H18ClFN4OS/c1-2-17-22-23-18(26)24(17)21-10-12-3-7-15(8-4-12)25-11-13-5-6-14(20)9-16(13)19/h3-9,21H,2,10-11H2,1H3,(H,23,26). The quantitative estimate of drug-likeness (QED) is 0.576. The average molecular weight is 393 g/mol. The van der Waals surface area contributed by atoms with E-state index in [9.17, 15) is 4.39 Å². The van der Waals surface area contributed by atoms with Crippen LogP contribution in [-0.2, 0) is 19.6 Å². The summed E-state index contributed by atoms with van der Waals surface area (Å²) in [4.78, 5) is 0. The highest BCUT2D eigenvalue weighted by Gasteiger charge is 2.05. The number of halogens is 2. The first-order valence-electron chi connectivity index (χ1n) is 8.12. The van der Waals surface area contributed by atoms with E-state index in [0.29, 0.717) is 22.1 Å². The Morgan fingerprint density at radius 2 is 2.04 bits per heavy atom. The fourth-order valence-electron chi connectivity index (χ4n) is 2.40. The third kappa shape index (κ3) is 4.42. The molecule has 0 aliphatic heterocycles. The van der Waals surface area contributed by atoms with Crippen LogP contribution >= 0.6 is 23.8 Å². The Hall–Kier alpha value is -2.38. The third-order valence-electron chi connectivity index (χ3n) is 3.83. The second kappa shape index (κ2) is 8.33. The maximum atomic E-state index is 13.1. The van der Waals surface area contributed by atoms with Crippen molar-refractivity contribution in [3.63, 3.8) is 0 Å². The Bertz CT molecular complexity index is 939. The van der Waals surface area contributed by atoms with Crippen LogP contribution in [0, 0.1) is 10.6 Å². The molecule has 0 spiro atoms. The molecule has 0 aliphatic rings. The molecule has 0 amide bonds. The number of rotatable bonds is 7. The van der Waals surface area contributed by atoms with Gasteiger partial charge in [0.25, 0.3) is 0 Å². The summed E-state index contributed by atoms with van der Waals surface area (Å²) in [6.07, 6.45) is 0.777. The lowest BCUT2D eigenvalue weighted by molar-refractivity contribution is 0.306. The molecule has 3 rings (SSSR count). The molecule has 0 aliphatic carbocycles. The van der Waals surface area contributed by atoms with Gasteiger partial charge in [0.05, 0.1) is 11.6 Å². The highest BCUT2D eigenvalue weighted by atomic mass is 35.5. The van der Waals surface area contributed by atoms with E-state index in [0.717, 1.165) is 23.4 Å². The summed E-state index contributed by atoms with van der Waals surface area (Å²) in [5.41, 5.74) is 5.05. The van der Waals surface area contributed by atoms with E-state index in [1.807, 2.05) is 31.2 Å². The summed E-state index contributed by atoms with van der Waals surface area (Å²) >= 11 is 11.2. The van der Waals surface area contributed by atoms with Gasteiger partial charge in [0.1, 0.15) is 18.2 Å². The normalized spacial score (nSPS) is 10.7.